The molecule has 1 fully saturated rings. The first-order valence-corrected chi connectivity index (χ1v) is 11.5. The molecule has 27 heavy (non-hydrogen) atoms. The smallest absolute Gasteiger partial charge is 0.243 e. The summed E-state index contributed by atoms with van der Waals surface area (Å²) >= 11 is 4.60. The Kier molecular flexibility index (Phi) is 6.64. The van der Waals surface area contributed by atoms with Gasteiger partial charge in [-0.3, -0.25) is 4.79 Å². The number of nitrogens with zero attached hydrogens (tertiary/aromatic N) is 2. The highest BCUT2D eigenvalue weighted by Gasteiger charge is 2.31. The molecule has 0 bridgehead atoms. The van der Waals surface area contributed by atoms with E-state index in [-0.39, 0.29) is 24.1 Å². The second-order valence-electron chi connectivity index (χ2n) is 6.23. The predicted molar refractivity (Wildman–Crippen MR) is 107 cm³/mol. The van der Waals surface area contributed by atoms with Crippen LogP contribution in [0, 0.1) is 6.92 Å². The fraction of sp³-hybridized carbons (Fsp3) is 0.412. The van der Waals surface area contributed by atoms with Crippen LogP contribution in [0.5, 0.6) is 0 Å². The van der Waals surface area contributed by atoms with E-state index in [1.807, 2.05) is 12.3 Å². The number of benzene rings is 1. The number of nitrogens with one attached hydrogen (secondary N) is 1. The number of rotatable bonds is 7. The van der Waals surface area contributed by atoms with Crippen LogP contribution in [0.15, 0.2) is 39.0 Å². The lowest BCUT2D eigenvalue weighted by Crippen LogP contribution is -2.42. The Morgan fingerprint density at radius 3 is 2.74 bits per heavy atom. The number of carbonyl (C=O) groups is 1. The maximum atomic E-state index is 13.1. The lowest BCUT2D eigenvalue weighted by molar-refractivity contribution is -0.116. The first-order chi connectivity index (χ1) is 12.8. The summed E-state index contributed by atoms with van der Waals surface area (Å²) in [6.07, 6.45) is 1.46. The molecule has 1 amide bonds. The maximum Gasteiger partial charge on any atom is 0.243 e. The minimum Gasteiger partial charge on any atom is -0.377 e. The molecule has 0 saturated carbocycles. The number of sulfonamides is 1. The minimum absolute atomic E-state index is 0.140. The Hall–Kier alpha value is -1.33. The molecule has 7 nitrogen and oxygen atoms in total. The average molecular weight is 474 g/mol. The Bertz CT molecular complexity index is 893. The molecule has 10 heteroatoms. The van der Waals surface area contributed by atoms with E-state index in [2.05, 4.69) is 26.2 Å². The zero-order chi connectivity index (χ0) is 19.4. The highest BCUT2D eigenvalue weighted by Crippen LogP contribution is 2.22. The van der Waals surface area contributed by atoms with E-state index >= 15 is 0 Å². The molecule has 1 N–H and O–H groups in total. The number of aryl methyl sites for hydroxylation is 1. The van der Waals surface area contributed by atoms with Gasteiger partial charge in [0.15, 0.2) is 5.13 Å². The Morgan fingerprint density at radius 1 is 1.41 bits per heavy atom. The van der Waals surface area contributed by atoms with Crippen molar-refractivity contribution in [1.82, 2.24) is 9.29 Å². The van der Waals surface area contributed by atoms with Crippen molar-refractivity contribution in [3.8, 4) is 0 Å². The number of anilines is 1. The number of carbonyl (C=O) groups excluding carboxylic acids is 1. The average Bonchev–Trinajstić information content (AvgIpc) is 3.26. The van der Waals surface area contributed by atoms with Crippen LogP contribution in [0.3, 0.4) is 0 Å². The molecule has 2 heterocycles. The van der Waals surface area contributed by atoms with Crippen molar-refractivity contribution in [2.75, 3.05) is 25.0 Å². The van der Waals surface area contributed by atoms with Crippen molar-refractivity contribution in [1.29, 1.82) is 0 Å². The molecule has 0 aliphatic carbocycles. The van der Waals surface area contributed by atoms with Gasteiger partial charge in [0.1, 0.15) is 0 Å². The second-order valence-corrected chi connectivity index (χ2v) is 9.94. The number of hydrogen-bond donors (Lipinski definition) is 1. The molecular weight excluding hydrogens is 454 g/mol. The molecule has 146 valence electrons. The van der Waals surface area contributed by atoms with Gasteiger partial charge in [0, 0.05) is 23.0 Å². The standard InChI is InChI=1S/C17H20BrN3O4S2/c1-12-11-26-17(19-12)20-16(22)10-21(9-14-3-2-8-25-14)27(23,24)15-6-4-13(18)5-7-15/h4-7,11,14H,2-3,8-10H2,1H3,(H,19,20,22). The number of thiazole rings is 1. The van der Waals surface area contributed by atoms with Gasteiger partial charge in [0.25, 0.3) is 0 Å². The van der Waals surface area contributed by atoms with Crippen molar-refractivity contribution in [3.05, 3.63) is 39.8 Å². The molecule has 0 radical (unpaired) electrons. The summed E-state index contributed by atoms with van der Waals surface area (Å²) in [5.74, 6) is -0.428. The number of halogens is 1. The Labute approximate surface area is 170 Å². The fourth-order valence-electron chi connectivity index (χ4n) is 2.75. The van der Waals surface area contributed by atoms with E-state index in [0.29, 0.717) is 11.7 Å². The maximum absolute atomic E-state index is 13.1. The third-order valence-corrected chi connectivity index (χ3v) is 7.30. The van der Waals surface area contributed by atoms with Crippen molar-refractivity contribution in [2.45, 2.75) is 30.8 Å². The van der Waals surface area contributed by atoms with Gasteiger partial charge in [-0.2, -0.15) is 4.31 Å². The van der Waals surface area contributed by atoms with Gasteiger partial charge in [0.2, 0.25) is 15.9 Å². The zero-order valence-corrected chi connectivity index (χ0v) is 17.9. The topological polar surface area (TPSA) is 88.6 Å². The summed E-state index contributed by atoms with van der Waals surface area (Å²) in [5.41, 5.74) is 0.800. The van der Waals surface area contributed by atoms with Gasteiger partial charge in [-0.15, -0.1) is 11.3 Å². The molecule has 1 saturated heterocycles. The summed E-state index contributed by atoms with van der Waals surface area (Å²) in [6, 6.07) is 6.36. The summed E-state index contributed by atoms with van der Waals surface area (Å²) in [7, 11) is -3.83. The SMILES string of the molecule is Cc1csc(NC(=O)CN(CC2CCCO2)S(=O)(=O)c2ccc(Br)cc2)n1. The van der Waals surface area contributed by atoms with Crippen LogP contribution in [0.1, 0.15) is 18.5 Å². The van der Waals surface area contributed by atoms with Crippen LogP contribution < -0.4 is 5.32 Å². The van der Waals surface area contributed by atoms with Gasteiger partial charge in [-0.1, -0.05) is 15.9 Å². The first-order valence-electron chi connectivity index (χ1n) is 8.44. The molecule has 0 spiro atoms. The number of hydrogen-bond acceptors (Lipinski definition) is 6. The highest BCUT2D eigenvalue weighted by atomic mass is 79.9. The molecule has 1 atom stereocenters. The van der Waals surface area contributed by atoms with E-state index in [1.54, 1.807) is 12.1 Å². The van der Waals surface area contributed by atoms with Crippen LogP contribution in [0.25, 0.3) is 0 Å². The molecular formula is C17H20BrN3O4S2. The molecule has 2 aromatic rings. The van der Waals surface area contributed by atoms with Gasteiger partial charge in [0.05, 0.1) is 23.2 Å². The molecule has 1 aromatic heterocycles. The van der Waals surface area contributed by atoms with Crippen molar-refractivity contribution in [2.24, 2.45) is 0 Å². The minimum atomic E-state index is -3.83. The third kappa shape index (κ3) is 5.35. The molecule has 1 aliphatic rings. The van der Waals surface area contributed by atoms with Gasteiger partial charge < -0.3 is 10.1 Å². The van der Waals surface area contributed by atoms with E-state index in [9.17, 15) is 13.2 Å². The largest absolute Gasteiger partial charge is 0.377 e. The van der Waals surface area contributed by atoms with Gasteiger partial charge >= 0.3 is 0 Å². The van der Waals surface area contributed by atoms with E-state index in [0.717, 1.165) is 23.0 Å². The number of ether oxygens (including phenoxy) is 1. The van der Waals surface area contributed by atoms with E-state index < -0.39 is 15.9 Å². The van der Waals surface area contributed by atoms with Crippen LogP contribution in [-0.4, -0.2) is 49.4 Å². The molecule has 1 aromatic carbocycles. The van der Waals surface area contributed by atoms with E-state index in [4.69, 9.17) is 4.74 Å². The first kappa shape index (κ1) is 20.4. The Balaban J connectivity index is 1.79. The summed E-state index contributed by atoms with van der Waals surface area (Å²) in [6.45, 7) is 2.29. The van der Waals surface area contributed by atoms with Crippen molar-refractivity contribution < 1.29 is 17.9 Å². The summed E-state index contributed by atoms with van der Waals surface area (Å²) in [4.78, 5) is 16.8. The zero-order valence-electron chi connectivity index (χ0n) is 14.7. The van der Waals surface area contributed by atoms with Crippen LogP contribution in [0.2, 0.25) is 0 Å². The predicted octanol–water partition coefficient (Wildman–Crippen LogP) is 3.02. The molecule has 1 unspecified atom stereocenters. The second kappa shape index (κ2) is 8.78. The molecule has 1 aliphatic heterocycles. The van der Waals surface area contributed by atoms with Crippen LogP contribution >= 0.6 is 27.3 Å². The lowest BCUT2D eigenvalue weighted by Gasteiger charge is -2.24. The quantitative estimate of drug-likeness (QED) is 0.667. The summed E-state index contributed by atoms with van der Waals surface area (Å²) in [5, 5.41) is 4.94. The number of aromatic nitrogens is 1. The van der Waals surface area contributed by atoms with Crippen molar-refractivity contribution in [3.63, 3.8) is 0 Å². The third-order valence-electron chi connectivity index (χ3n) is 4.07. The Morgan fingerprint density at radius 2 is 2.15 bits per heavy atom. The van der Waals surface area contributed by atoms with Gasteiger partial charge in [-0.05, 0) is 44.0 Å². The van der Waals surface area contributed by atoms with Crippen LogP contribution in [-0.2, 0) is 19.6 Å². The fourth-order valence-corrected chi connectivity index (χ4v) is 5.15. The monoisotopic (exact) mass is 473 g/mol. The van der Waals surface area contributed by atoms with Gasteiger partial charge in [-0.25, -0.2) is 13.4 Å². The van der Waals surface area contributed by atoms with Crippen molar-refractivity contribution >= 4 is 48.3 Å². The molecule has 3 rings (SSSR count). The number of amides is 1. The highest BCUT2D eigenvalue weighted by molar-refractivity contribution is 9.10. The summed E-state index contributed by atoms with van der Waals surface area (Å²) < 4.78 is 33.7. The van der Waals surface area contributed by atoms with E-state index in [1.165, 1.54) is 27.8 Å². The normalized spacial score (nSPS) is 17.4. The lowest BCUT2D eigenvalue weighted by atomic mass is 10.2. The van der Waals surface area contributed by atoms with Crippen LogP contribution in [0.4, 0.5) is 5.13 Å².